The molecule has 0 aliphatic heterocycles. The van der Waals surface area contributed by atoms with Crippen molar-refractivity contribution in [1.29, 1.82) is 0 Å². The number of halogens is 1. The van der Waals surface area contributed by atoms with Gasteiger partial charge < -0.3 is 10.6 Å². The molecule has 0 saturated heterocycles. The molecule has 0 heterocycles. The van der Waals surface area contributed by atoms with Gasteiger partial charge in [0, 0.05) is 24.7 Å². The van der Waals surface area contributed by atoms with Crippen LogP contribution in [0.5, 0.6) is 0 Å². The van der Waals surface area contributed by atoms with Crippen LogP contribution in [0.15, 0.2) is 23.1 Å². The highest BCUT2D eigenvalue weighted by Crippen LogP contribution is 2.15. The van der Waals surface area contributed by atoms with E-state index in [1.165, 1.54) is 12.1 Å². The number of nitrogens with one attached hydrogen (secondary N) is 1. The Labute approximate surface area is 126 Å². The van der Waals surface area contributed by atoms with Gasteiger partial charge in [-0.25, -0.2) is 17.5 Å². The molecule has 0 radical (unpaired) electrons. The van der Waals surface area contributed by atoms with E-state index in [-0.39, 0.29) is 23.0 Å². The van der Waals surface area contributed by atoms with Crippen molar-refractivity contribution in [2.75, 3.05) is 19.6 Å². The van der Waals surface area contributed by atoms with Crippen molar-refractivity contribution in [3.8, 4) is 0 Å². The van der Waals surface area contributed by atoms with Crippen molar-refractivity contribution in [3.63, 3.8) is 0 Å². The first-order chi connectivity index (χ1) is 9.83. The Morgan fingerprint density at radius 2 is 1.95 bits per heavy atom. The fourth-order valence-electron chi connectivity index (χ4n) is 2.11. The van der Waals surface area contributed by atoms with E-state index in [2.05, 4.69) is 9.62 Å². The van der Waals surface area contributed by atoms with Gasteiger partial charge in [0.05, 0.1) is 4.90 Å². The summed E-state index contributed by atoms with van der Waals surface area (Å²) >= 11 is 0. The molecule has 0 saturated carbocycles. The summed E-state index contributed by atoms with van der Waals surface area (Å²) in [5, 5.41) is 0. The number of sulfonamides is 1. The zero-order chi connectivity index (χ0) is 16.0. The van der Waals surface area contributed by atoms with Gasteiger partial charge in [0.25, 0.3) is 0 Å². The zero-order valence-electron chi connectivity index (χ0n) is 12.8. The van der Waals surface area contributed by atoms with Crippen molar-refractivity contribution >= 4 is 10.0 Å². The minimum atomic E-state index is -3.67. The molecule has 0 fully saturated rings. The SMILES string of the molecule is CCN(CC)CC(C)NS(=O)(=O)c1ccc(F)c(CN)c1. The lowest BCUT2D eigenvalue weighted by Crippen LogP contribution is -2.41. The number of hydrogen-bond acceptors (Lipinski definition) is 4. The third-order valence-electron chi connectivity index (χ3n) is 3.33. The molecular formula is C14H24FN3O2S. The van der Waals surface area contributed by atoms with Gasteiger partial charge in [0.1, 0.15) is 5.82 Å². The first kappa shape index (κ1) is 18.0. The van der Waals surface area contributed by atoms with Gasteiger partial charge in [-0.15, -0.1) is 0 Å². The molecule has 21 heavy (non-hydrogen) atoms. The fourth-order valence-corrected chi connectivity index (χ4v) is 3.40. The zero-order valence-corrected chi connectivity index (χ0v) is 13.6. The Morgan fingerprint density at radius 1 is 1.33 bits per heavy atom. The minimum Gasteiger partial charge on any atom is -0.326 e. The lowest BCUT2D eigenvalue weighted by atomic mass is 10.2. The second kappa shape index (κ2) is 7.84. The maximum atomic E-state index is 13.4. The molecular weight excluding hydrogens is 293 g/mol. The number of benzene rings is 1. The van der Waals surface area contributed by atoms with Gasteiger partial charge in [-0.1, -0.05) is 13.8 Å². The Kier molecular flexibility index (Phi) is 6.73. The summed E-state index contributed by atoms with van der Waals surface area (Å²) in [6.45, 7) is 8.16. The molecule has 1 rings (SSSR count). The highest BCUT2D eigenvalue weighted by molar-refractivity contribution is 7.89. The van der Waals surface area contributed by atoms with Crippen LogP contribution in [0.1, 0.15) is 26.3 Å². The van der Waals surface area contributed by atoms with E-state index in [0.717, 1.165) is 19.2 Å². The summed E-state index contributed by atoms with van der Waals surface area (Å²) in [4.78, 5) is 2.17. The van der Waals surface area contributed by atoms with E-state index in [0.29, 0.717) is 6.54 Å². The number of nitrogens with zero attached hydrogens (tertiary/aromatic N) is 1. The van der Waals surface area contributed by atoms with Crippen molar-refractivity contribution < 1.29 is 12.8 Å². The smallest absolute Gasteiger partial charge is 0.240 e. The van der Waals surface area contributed by atoms with Gasteiger partial charge in [0.15, 0.2) is 0 Å². The van der Waals surface area contributed by atoms with Gasteiger partial charge in [-0.2, -0.15) is 0 Å². The minimum absolute atomic E-state index is 0.0375. The largest absolute Gasteiger partial charge is 0.326 e. The summed E-state index contributed by atoms with van der Waals surface area (Å²) < 4.78 is 40.6. The summed E-state index contributed by atoms with van der Waals surface area (Å²) in [7, 11) is -3.67. The van der Waals surface area contributed by atoms with Crippen LogP contribution in [0.25, 0.3) is 0 Å². The molecule has 5 nitrogen and oxygen atoms in total. The van der Waals surface area contributed by atoms with E-state index in [4.69, 9.17) is 5.73 Å². The van der Waals surface area contributed by atoms with Gasteiger partial charge >= 0.3 is 0 Å². The molecule has 0 spiro atoms. The molecule has 0 bridgehead atoms. The van der Waals surface area contributed by atoms with Crippen LogP contribution in [0.2, 0.25) is 0 Å². The van der Waals surface area contributed by atoms with Crippen LogP contribution in [0, 0.1) is 5.82 Å². The van der Waals surface area contributed by atoms with Crippen molar-refractivity contribution in [3.05, 3.63) is 29.6 Å². The molecule has 0 aliphatic carbocycles. The summed E-state index contributed by atoms with van der Waals surface area (Å²) in [6, 6.07) is 3.43. The molecule has 7 heteroatoms. The number of hydrogen-bond donors (Lipinski definition) is 2. The third kappa shape index (κ3) is 5.03. The molecule has 1 aromatic carbocycles. The van der Waals surface area contributed by atoms with Crippen LogP contribution in [-0.2, 0) is 16.6 Å². The second-order valence-electron chi connectivity index (χ2n) is 4.97. The lowest BCUT2D eigenvalue weighted by Gasteiger charge is -2.23. The predicted molar refractivity (Wildman–Crippen MR) is 81.9 cm³/mol. The molecule has 0 amide bonds. The first-order valence-corrected chi connectivity index (χ1v) is 8.55. The molecule has 3 N–H and O–H groups in total. The van der Waals surface area contributed by atoms with Crippen LogP contribution in [-0.4, -0.2) is 39.0 Å². The molecule has 0 aliphatic rings. The molecule has 1 atom stereocenters. The lowest BCUT2D eigenvalue weighted by molar-refractivity contribution is 0.282. The Balaban J connectivity index is 2.86. The topological polar surface area (TPSA) is 75.4 Å². The number of nitrogens with two attached hydrogens (primary N) is 1. The van der Waals surface area contributed by atoms with E-state index >= 15 is 0 Å². The second-order valence-corrected chi connectivity index (χ2v) is 6.68. The van der Waals surface area contributed by atoms with Crippen molar-refractivity contribution in [2.45, 2.75) is 38.3 Å². The van der Waals surface area contributed by atoms with Gasteiger partial charge in [-0.05, 0) is 38.2 Å². The quantitative estimate of drug-likeness (QED) is 0.758. The monoisotopic (exact) mass is 317 g/mol. The Bertz CT molecular complexity index is 559. The molecule has 0 aromatic heterocycles. The third-order valence-corrected chi connectivity index (χ3v) is 4.92. The molecule has 1 aromatic rings. The van der Waals surface area contributed by atoms with Crippen LogP contribution >= 0.6 is 0 Å². The standard InChI is InChI=1S/C14H24FN3O2S/c1-4-18(5-2)10-11(3)17-21(19,20)13-6-7-14(15)12(8-13)9-16/h6-8,11,17H,4-5,9-10,16H2,1-3H3. The maximum Gasteiger partial charge on any atom is 0.240 e. The molecule has 120 valence electrons. The first-order valence-electron chi connectivity index (χ1n) is 7.07. The van der Waals surface area contributed by atoms with Crippen LogP contribution in [0.3, 0.4) is 0 Å². The van der Waals surface area contributed by atoms with Crippen LogP contribution < -0.4 is 10.5 Å². The Morgan fingerprint density at radius 3 is 2.48 bits per heavy atom. The number of likely N-dealkylation sites (N-methyl/N-ethyl adjacent to an activating group) is 1. The average Bonchev–Trinajstić information content (AvgIpc) is 2.44. The van der Waals surface area contributed by atoms with E-state index < -0.39 is 15.8 Å². The summed E-state index contributed by atoms with van der Waals surface area (Å²) in [6.07, 6.45) is 0. The number of rotatable bonds is 8. The highest BCUT2D eigenvalue weighted by Gasteiger charge is 2.19. The predicted octanol–water partition coefficient (Wildman–Crippen LogP) is 1.29. The van der Waals surface area contributed by atoms with Gasteiger partial charge in [0.2, 0.25) is 10.0 Å². The van der Waals surface area contributed by atoms with Crippen molar-refractivity contribution in [2.24, 2.45) is 5.73 Å². The van der Waals surface area contributed by atoms with E-state index in [1.54, 1.807) is 0 Å². The summed E-state index contributed by atoms with van der Waals surface area (Å²) in [5.41, 5.74) is 5.59. The van der Waals surface area contributed by atoms with Crippen LogP contribution in [0.4, 0.5) is 4.39 Å². The Hall–Kier alpha value is -1.02. The molecule has 1 unspecified atom stereocenters. The highest BCUT2D eigenvalue weighted by atomic mass is 32.2. The van der Waals surface area contributed by atoms with E-state index in [1.807, 2.05) is 20.8 Å². The van der Waals surface area contributed by atoms with Gasteiger partial charge in [-0.3, -0.25) is 0 Å². The van der Waals surface area contributed by atoms with E-state index in [9.17, 15) is 12.8 Å². The summed E-state index contributed by atoms with van der Waals surface area (Å²) in [5.74, 6) is -0.493. The fraction of sp³-hybridized carbons (Fsp3) is 0.571. The van der Waals surface area contributed by atoms with Crippen molar-refractivity contribution in [1.82, 2.24) is 9.62 Å². The normalized spacial score (nSPS) is 13.6. The average molecular weight is 317 g/mol. The maximum absolute atomic E-state index is 13.4.